The Morgan fingerprint density at radius 3 is 0.714 bits per heavy atom. The van der Waals surface area contributed by atoms with Gasteiger partial charge in [-0.3, -0.25) is 14.4 Å². The fourth-order valence-corrected chi connectivity index (χ4v) is 7.56. The van der Waals surface area contributed by atoms with E-state index in [9.17, 15) is 14.4 Å². The summed E-state index contributed by atoms with van der Waals surface area (Å²) >= 11 is 0. The summed E-state index contributed by atoms with van der Waals surface area (Å²) in [6.07, 6.45) is 47.9. The summed E-state index contributed by atoms with van der Waals surface area (Å²) < 4.78 is 16.8. The van der Waals surface area contributed by atoms with Crippen molar-refractivity contribution in [2.24, 2.45) is 0 Å². The number of carbonyl (C=O) groups excluding carboxylic acids is 3. The number of rotatable bonds is 46. The minimum atomic E-state index is -0.758. The van der Waals surface area contributed by atoms with Crippen molar-refractivity contribution in [2.75, 3.05) is 13.2 Å². The molecular weight excluding hydrogens is 697 g/mol. The molecule has 0 aliphatic rings. The molecule has 0 fully saturated rings. The highest BCUT2D eigenvalue weighted by Crippen LogP contribution is 2.16. The van der Waals surface area contributed by atoms with Crippen LogP contribution in [-0.2, 0) is 28.6 Å². The number of carbonyl (C=O) groups is 3. The van der Waals surface area contributed by atoms with E-state index in [1.54, 1.807) is 0 Å². The quantitative estimate of drug-likeness (QED) is 0.0347. The SMILES string of the molecule is CCCCCCCCCCCCCCCCC(=O)OC[C@@H](COC(=O)CCCCCCCCCCCC)OC(=O)CCCCCCCCCCCCCCCC. The zero-order valence-electron chi connectivity index (χ0n) is 37.9. The first kappa shape index (κ1) is 54.4. The largest absolute Gasteiger partial charge is 0.462 e. The lowest BCUT2D eigenvalue weighted by Crippen LogP contribution is -2.30. The van der Waals surface area contributed by atoms with Crippen LogP contribution in [0.4, 0.5) is 0 Å². The van der Waals surface area contributed by atoms with E-state index in [0.29, 0.717) is 19.3 Å². The fourth-order valence-electron chi connectivity index (χ4n) is 7.56. The molecule has 0 heterocycles. The van der Waals surface area contributed by atoms with E-state index in [-0.39, 0.29) is 31.1 Å². The molecule has 332 valence electrons. The van der Waals surface area contributed by atoms with Crippen LogP contribution in [0.1, 0.15) is 284 Å². The van der Waals surface area contributed by atoms with Gasteiger partial charge >= 0.3 is 17.9 Å². The second kappa shape index (κ2) is 46.1. The van der Waals surface area contributed by atoms with Crippen LogP contribution in [0.3, 0.4) is 0 Å². The molecule has 0 N–H and O–H groups in total. The predicted molar refractivity (Wildman–Crippen MR) is 238 cm³/mol. The van der Waals surface area contributed by atoms with E-state index < -0.39 is 6.10 Å². The van der Waals surface area contributed by atoms with E-state index >= 15 is 0 Å². The first-order chi connectivity index (χ1) is 27.5. The van der Waals surface area contributed by atoms with Gasteiger partial charge in [-0.2, -0.15) is 0 Å². The molecule has 0 unspecified atom stereocenters. The van der Waals surface area contributed by atoms with Gasteiger partial charge in [-0.25, -0.2) is 0 Å². The lowest BCUT2D eigenvalue weighted by atomic mass is 10.0. The van der Waals surface area contributed by atoms with Crippen molar-refractivity contribution < 1.29 is 28.6 Å². The molecule has 0 bridgehead atoms. The third-order valence-corrected chi connectivity index (χ3v) is 11.4. The lowest BCUT2D eigenvalue weighted by molar-refractivity contribution is -0.167. The summed E-state index contributed by atoms with van der Waals surface area (Å²) in [4.78, 5) is 37.8. The highest BCUT2D eigenvalue weighted by Gasteiger charge is 2.19. The maximum atomic E-state index is 12.7. The molecule has 1 atom stereocenters. The Morgan fingerprint density at radius 2 is 0.482 bits per heavy atom. The molecule has 0 aliphatic heterocycles. The Labute approximate surface area is 348 Å². The third-order valence-electron chi connectivity index (χ3n) is 11.4. The standard InChI is InChI=1S/C50H96O6/c1-4-7-10-13-16-19-22-24-26-28-31-34-37-40-43-49(52)55-46-47(45-54-48(51)42-39-36-33-30-21-18-15-12-9-6-3)56-50(53)44-41-38-35-32-29-27-25-23-20-17-14-11-8-5-2/h47H,4-46H2,1-3H3/t47-/m1/s1. The monoisotopic (exact) mass is 793 g/mol. The zero-order valence-corrected chi connectivity index (χ0v) is 37.9. The summed E-state index contributed by atoms with van der Waals surface area (Å²) in [5, 5.41) is 0. The molecule has 0 rings (SSSR count). The fraction of sp³-hybridized carbons (Fsp3) is 0.940. The van der Waals surface area contributed by atoms with Gasteiger partial charge in [0, 0.05) is 19.3 Å². The van der Waals surface area contributed by atoms with Crippen LogP contribution >= 0.6 is 0 Å². The van der Waals surface area contributed by atoms with E-state index in [4.69, 9.17) is 14.2 Å². The van der Waals surface area contributed by atoms with Gasteiger partial charge in [0.05, 0.1) is 0 Å². The van der Waals surface area contributed by atoms with E-state index in [2.05, 4.69) is 20.8 Å². The second-order valence-corrected chi connectivity index (χ2v) is 17.1. The van der Waals surface area contributed by atoms with Crippen molar-refractivity contribution in [3.05, 3.63) is 0 Å². The molecule has 0 aliphatic carbocycles. The van der Waals surface area contributed by atoms with Crippen LogP contribution in [0.2, 0.25) is 0 Å². The maximum absolute atomic E-state index is 12.7. The van der Waals surface area contributed by atoms with Crippen molar-refractivity contribution >= 4 is 17.9 Å². The van der Waals surface area contributed by atoms with Gasteiger partial charge in [-0.15, -0.1) is 0 Å². The summed E-state index contributed by atoms with van der Waals surface area (Å²) in [5.41, 5.74) is 0. The molecular formula is C50H96O6. The van der Waals surface area contributed by atoms with Crippen LogP contribution in [-0.4, -0.2) is 37.2 Å². The smallest absolute Gasteiger partial charge is 0.306 e. The van der Waals surface area contributed by atoms with Gasteiger partial charge < -0.3 is 14.2 Å². The molecule has 0 saturated heterocycles. The van der Waals surface area contributed by atoms with Crippen molar-refractivity contribution in [1.29, 1.82) is 0 Å². The first-order valence-electron chi connectivity index (χ1n) is 25.0. The molecule has 0 aromatic rings. The van der Waals surface area contributed by atoms with Gasteiger partial charge in [-0.05, 0) is 19.3 Å². The van der Waals surface area contributed by atoms with Crippen molar-refractivity contribution in [1.82, 2.24) is 0 Å². The van der Waals surface area contributed by atoms with Crippen LogP contribution in [0.15, 0.2) is 0 Å². The van der Waals surface area contributed by atoms with E-state index in [1.807, 2.05) is 0 Å². The van der Waals surface area contributed by atoms with E-state index in [0.717, 1.165) is 57.8 Å². The normalized spacial score (nSPS) is 11.8. The molecule has 56 heavy (non-hydrogen) atoms. The Bertz CT molecular complexity index is 828. The van der Waals surface area contributed by atoms with Gasteiger partial charge in [0.1, 0.15) is 13.2 Å². The molecule has 0 radical (unpaired) electrons. The highest BCUT2D eigenvalue weighted by molar-refractivity contribution is 5.71. The molecule has 0 saturated carbocycles. The number of ether oxygens (including phenoxy) is 3. The lowest BCUT2D eigenvalue weighted by Gasteiger charge is -2.18. The molecule has 0 aromatic carbocycles. The Kier molecular flexibility index (Phi) is 44.8. The minimum absolute atomic E-state index is 0.0621. The van der Waals surface area contributed by atoms with Crippen LogP contribution in [0.5, 0.6) is 0 Å². The Morgan fingerprint density at radius 1 is 0.286 bits per heavy atom. The number of esters is 3. The van der Waals surface area contributed by atoms with Gasteiger partial charge in [-0.1, -0.05) is 245 Å². The number of unbranched alkanes of at least 4 members (excludes halogenated alkanes) is 35. The summed E-state index contributed by atoms with van der Waals surface area (Å²) in [7, 11) is 0. The molecule has 6 nitrogen and oxygen atoms in total. The average molecular weight is 793 g/mol. The Hall–Kier alpha value is -1.59. The zero-order chi connectivity index (χ0) is 40.8. The molecule has 0 spiro atoms. The van der Waals surface area contributed by atoms with Crippen molar-refractivity contribution in [3.63, 3.8) is 0 Å². The highest BCUT2D eigenvalue weighted by atomic mass is 16.6. The van der Waals surface area contributed by atoms with Crippen LogP contribution in [0, 0.1) is 0 Å². The van der Waals surface area contributed by atoms with Gasteiger partial charge in [0.15, 0.2) is 6.10 Å². The minimum Gasteiger partial charge on any atom is -0.462 e. The van der Waals surface area contributed by atoms with Gasteiger partial charge in [0.2, 0.25) is 0 Å². The number of hydrogen-bond donors (Lipinski definition) is 0. The summed E-state index contributed by atoms with van der Waals surface area (Å²) in [6, 6.07) is 0. The second-order valence-electron chi connectivity index (χ2n) is 17.1. The van der Waals surface area contributed by atoms with Crippen LogP contribution < -0.4 is 0 Å². The van der Waals surface area contributed by atoms with Crippen molar-refractivity contribution in [2.45, 2.75) is 290 Å². The van der Waals surface area contributed by atoms with Gasteiger partial charge in [0.25, 0.3) is 0 Å². The third kappa shape index (κ3) is 43.5. The molecule has 6 heteroatoms. The summed E-state index contributed by atoms with van der Waals surface area (Å²) in [6.45, 7) is 6.66. The van der Waals surface area contributed by atoms with Crippen LogP contribution in [0.25, 0.3) is 0 Å². The Balaban J connectivity index is 4.29. The average Bonchev–Trinajstić information content (AvgIpc) is 3.19. The molecule has 0 aromatic heterocycles. The van der Waals surface area contributed by atoms with E-state index in [1.165, 1.54) is 186 Å². The summed E-state index contributed by atoms with van der Waals surface area (Å²) in [5.74, 6) is -0.845. The predicted octanol–water partition coefficient (Wildman–Crippen LogP) is 16.0. The van der Waals surface area contributed by atoms with Crippen molar-refractivity contribution in [3.8, 4) is 0 Å². The first-order valence-corrected chi connectivity index (χ1v) is 25.0. The number of hydrogen-bond acceptors (Lipinski definition) is 6. The maximum Gasteiger partial charge on any atom is 0.306 e. The molecule has 0 amide bonds. The topological polar surface area (TPSA) is 78.9 Å².